The van der Waals surface area contributed by atoms with Gasteiger partial charge in [-0.1, -0.05) is 6.07 Å². The lowest BCUT2D eigenvalue weighted by Crippen LogP contribution is -2.11. The van der Waals surface area contributed by atoms with E-state index in [1.54, 1.807) is 0 Å². The van der Waals surface area contributed by atoms with Crippen molar-refractivity contribution in [2.24, 2.45) is 0 Å². The van der Waals surface area contributed by atoms with Crippen LogP contribution in [0.25, 0.3) is 10.9 Å². The van der Waals surface area contributed by atoms with Crippen LogP contribution in [0, 0.1) is 27.7 Å². The topological polar surface area (TPSA) is 44.9 Å². The third kappa shape index (κ3) is 2.50. The molecule has 0 aliphatic heterocycles. The zero-order valence-electron chi connectivity index (χ0n) is 13.4. The average Bonchev–Trinajstić information content (AvgIpc) is 2.78. The quantitative estimate of drug-likeness (QED) is 0.709. The van der Waals surface area contributed by atoms with Gasteiger partial charge in [0.2, 0.25) is 0 Å². The summed E-state index contributed by atoms with van der Waals surface area (Å²) in [5.41, 5.74) is 7.29. The molecule has 22 heavy (non-hydrogen) atoms. The van der Waals surface area contributed by atoms with Crippen LogP contribution in [0.1, 0.15) is 32.7 Å². The van der Waals surface area contributed by atoms with Crippen LogP contribution in [0.3, 0.4) is 0 Å². The van der Waals surface area contributed by atoms with E-state index in [0.717, 1.165) is 22.3 Å². The second-order valence-electron chi connectivity index (χ2n) is 5.89. The van der Waals surface area contributed by atoms with Gasteiger partial charge < -0.3 is 10.3 Å². The number of aromatic nitrogens is 1. The largest absolute Gasteiger partial charge is 0.358 e. The third-order valence-corrected chi connectivity index (χ3v) is 4.34. The van der Waals surface area contributed by atoms with Gasteiger partial charge in [0.05, 0.1) is 0 Å². The number of fused-ring (bicyclic) bond motifs is 1. The highest BCUT2D eigenvalue weighted by atomic mass is 16.1. The smallest absolute Gasteiger partial charge is 0.255 e. The summed E-state index contributed by atoms with van der Waals surface area (Å²) in [5.74, 6) is -0.0802. The summed E-state index contributed by atoms with van der Waals surface area (Å²) in [5, 5.41) is 4.07. The van der Waals surface area contributed by atoms with Crippen molar-refractivity contribution in [3.05, 3.63) is 64.3 Å². The Labute approximate surface area is 130 Å². The van der Waals surface area contributed by atoms with E-state index in [9.17, 15) is 4.79 Å². The Balaban J connectivity index is 1.91. The second-order valence-corrected chi connectivity index (χ2v) is 5.89. The minimum atomic E-state index is -0.0802. The number of carbonyl (C=O) groups excluding carboxylic acids is 1. The fourth-order valence-corrected chi connectivity index (χ4v) is 2.62. The van der Waals surface area contributed by atoms with E-state index in [1.807, 2.05) is 50.2 Å². The van der Waals surface area contributed by atoms with Crippen molar-refractivity contribution in [2.45, 2.75) is 27.7 Å². The van der Waals surface area contributed by atoms with Gasteiger partial charge in [-0.2, -0.15) is 0 Å². The number of anilines is 1. The molecule has 0 aliphatic rings. The fourth-order valence-electron chi connectivity index (χ4n) is 2.62. The summed E-state index contributed by atoms with van der Waals surface area (Å²) in [7, 11) is 0. The number of hydrogen-bond acceptors (Lipinski definition) is 1. The number of rotatable bonds is 2. The van der Waals surface area contributed by atoms with Gasteiger partial charge in [0.1, 0.15) is 0 Å². The minimum Gasteiger partial charge on any atom is -0.358 e. The van der Waals surface area contributed by atoms with Crippen LogP contribution < -0.4 is 5.32 Å². The summed E-state index contributed by atoms with van der Waals surface area (Å²) < 4.78 is 0. The molecular formula is C19H20N2O. The Morgan fingerprint density at radius 3 is 2.45 bits per heavy atom. The van der Waals surface area contributed by atoms with E-state index in [4.69, 9.17) is 0 Å². The Hall–Kier alpha value is -2.55. The highest BCUT2D eigenvalue weighted by molar-refractivity contribution is 6.06. The number of H-pyrrole nitrogens is 1. The summed E-state index contributed by atoms with van der Waals surface area (Å²) >= 11 is 0. The van der Waals surface area contributed by atoms with Crippen LogP contribution in [0.5, 0.6) is 0 Å². The van der Waals surface area contributed by atoms with Crippen molar-refractivity contribution >= 4 is 22.5 Å². The van der Waals surface area contributed by atoms with Crippen molar-refractivity contribution in [3.63, 3.8) is 0 Å². The van der Waals surface area contributed by atoms with Gasteiger partial charge in [-0.25, -0.2) is 0 Å². The number of amides is 1. The summed E-state index contributed by atoms with van der Waals surface area (Å²) in [6.07, 6.45) is 0. The molecule has 0 fully saturated rings. The highest BCUT2D eigenvalue weighted by Gasteiger charge is 2.10. The van der Waals surface area contributed by atoms with E-state index in [1.165, 1.54) is 16.7 Å². The van der Waals surface area contributed by atoms with E-state index in [2.05, 4.69) is 24.1 Å². The Morgan fingerprint density at radius 2 is 1.73 bits per heavy atom. The lowest BCUT2D eigenvalue weighted by molar-refractivity contribution is 0.102. The first-order valence-electron chi connectivity index (χ1n) is 7.43. The number of hydrogen-bond donors (Lipinski definition) is 2. The molecule has 1 aromatic heterocycles. The number of aromatic amines is 1. The molecular weight excluding hydrogens is 272 g/mol. The molecule has 3 heteroatoms. The first-order chi connectivity index (χ1) is 10.5. The number of aryl methyl sites for hydroxylation is 4. The first-order valence-corrected chi connectivity index (χ1v) is 7.43. The van der Waals surface area contributed by atoms with Gasteiger partial charge in [-0.15, -0.1) is 0 Å². The van der Waals surface area contributed by atoms with Crippen molar-refractivity contribution in [3.8, 4) is 0 Å². The lowest BCUT2D eigenvalue weighted by Gasteiger charge is -2.08. The lowest BCUT2D eigenvalue weighted by atomic mass is 10.1. The van der Waals surface area contributed by atoms with E-state index in [-0.39, 0.29) is 5.91 Å². The standard InChI is InChI=1S/C19H20N2O/c1-11-5-7-16(9-12(11)2)21-19(22)15-6-8-18-17(10-15)13(3)14(4)20-18/h5-10,20H,1-4H3,(H,21,22). The predicted molar refractivity (Wildman–Crippen MR) is 91.6 cm³/mol. The number of nitrogens with one attached hydrogen (secondary N) is 2. The predicted octanol–water partition coefficient (Wildman–Crippen LogP) is 4.65. The minimum absolute atomic E-state index is 0.0802. The van der Waals surface area contributed by atoms with Gasteiger partial charge in [-0.3, -0.25) is 4.79 Å². The number of benzene rings is 2. The molecule has 3 nitrogen and oxygen atoms in total. The van der Waals surface area contributed by atoms with Gasteiger partial charge in [0, 0.05) is 27.8 Å². The third-order valence-electron chi connectivity index (χ3n) is 4.34. The second kappa shape index (κ2) is 5.34. The van der Waals surface area contributed by atoms with Gasteiger partial charge in [0.25, 0.3) is 5.91 Å². The highest BCUT2D eigenvalue weighted by Crippen LogP contribution is 2.23. The zero-order valence-corrected chi connectivity index (χ0v) is 13.4. The molecule has 2 N–H and O–H groups in total. The molecule has 1 heterocycles. The van der Waals surface area contributed by atoms with Gasteiger partial charge >= 0.3 is 0 Å². The molecule has 3 aromatic rings. The van der Waals surface area contributed by atoms with Crippen LogP contribution >= 0.6 is 0 Å². The average molecular weight is 292 g/mol. The fraction of sp³-hybridized carbons (Fsp3) is 0.211. The molecule has 3 rings (SSSR count). The van der Waals surface area contributed by atoms with Crippen molar-refractivity contribution in [1.29, 1.82) is 0 Å². The molecule has 0 saturated carbocycles. The molecule has 0 unspecified atom stereocenters. The van der Waals surface area contributed by atoms with Crippen LogP contribution in [0.15, 0.2) is 36.4 Å². The molecule has 0 spiro atoms. The molecule has 0 radical (unpaired) electrons. The molecule has 0 bridgehead atoms. The first kappa shape index (κ1) is 14.4. The maximum atomic E-state index is 12.5. The van der Waals surface area contributed by atoms with Crippen LogP contribution in [0.4, 0.5) is 5.69 Å². The Kier molecular flexibility index (Phi) is 3.49. The SMILES string of the molecule is Cc1ccc(NC(=O)c2ccc3[nH]c(C)c(C)c3c2)cc1C. The van der Waals surface area contributed by atoms with Crippen LogP contribution in [0.2, 0.25) is 0 Å². The maximum absolute atomic E-state index is 12.5. The van der Waals surface area contributed by atoms with Gasteiger partial charge in [-0.05, 0) is 74.7 Å². The summed E-state index contributed by atoms with van der Waals surface area (Å²) in [4.78, 5) is 15.8. The molecule has 2 aromatic carbocycles. The van der Waals surface area contributed by atoms with Crippen molar-refractivity contribution in [2.75, 3.05) is 5.32 Å². The zero-order chi connectivity index (χ0) is 15.9. The Morgan fingerprint density at radius 1 is 0.955 bits per heavy atom. The number of carbonyl (C=O) groups is 1. The molecule has 0 saturated heterocycles. The monoisotopic (exact) mass is 292 g/mol. The normalized spacial score (nSPS) is 10.9. The van der Waals surface area contributed by atoms with Gasteiger partial charge in [0.15, 0.2) is 0 Å². The van der Waals surface area contributed by atoms with Crippen molar-refractivity contribution in [1.82, 2.24) is 4.98 Å². The Bertz CT molecular complexity index is 875. The van der Waals surface area contributed by atoms with E-state index < -0.39 is 0 Å². The molecule has 112 valence electrons. The maximum Gasteiger partial charge on any atom is 0.255 e. The van der Waals surface area contributed by atoms with E-state index in [0.29, 0.717) is 5.56 Å². The van der Waals surface area contributed by atoms with E-state index >= 15 is 0 Å². The van der Waals surface area contributed by atoms with Crippen LogP contribution in [-0.4, -0.2) is 10.9 Å². The van der Waals surface area contributed by atoms with Crippen molar-refractivity contribution < 1.29 is 4.79 Å². The summed E-state index contributed by atoms with van der Waals surface area (Å²) in [6.45, 7) is 8.22. The molecule has 0 aliphatic carbocycles. The summed E-state index contributed by atoms with van der Waals surface area (Å²) in [6, 6.07) is 11.7. The molecule has 1 amide bonds. The molecule has 0 atom stereocenters. The van der Waals surface area contributed by atoms with Crippen LogP contribution in [-0.2, 0) is 0 Å².